The smallest absolute Gasteiger partial charge is 0.267 e. The van der Waals surface area contributed by atoms with E-state index in [2.05, 4.69) is 16.3 Å². The maximum absolute atomic E-state index is 11.1. The van der Waals surface area contributed by atoms with Crippen LogP contribution in [0, 0.1) is 12.3 Å². The molecule has 0 saturated carbocycles. The maximum Gasteiger partial charge on any atom is 0.267 e. The number of carbonyl (C=O) groups is 1. The molecule has 1 heterocycles. The molecule has 1 N–H and O–H groups in total. The minimum Gasteiger partial charge on any atom is -0.344 e. The molecule has 1 aromatic rings. The van der Waals surface area contributed by atoms with Crippen LogP contribution in [0.3, 0.4) is 0 Å². The van der Waals surface area contributed by atoms with Gasteiger partial charge in [-0.2, -0.15) is 5.10 Å². The van der Waals surface area contributed by atoms with Gasteiger partial charge in [0.15, 0.2) is 0 Å². The number of amides is 1. The van der Waals surface area contributed by atoms with Crippen molar-refractivity contribution in [2.24, 2.45) is 0 Å². The average Bonchev–Trinajstić information content (AvgIpc) is 2.18. The normalized spacial score (nSPS) is 9.07. The number of carbonyl (C=O) groups excluding carboxylic acids is 1. The fraction of sp³-hybridized carbons (Fsp3) is 0.222. The summed E-state index contributed by atoms with van der Waals surface area (Å²) in [6.45, 7) is 0.0434. The zero-order chi connectivity index (χ0) is 10.4. The quantitative estimate of drug-likeness (QED) is 0.623. The first kappa shape index (κ1) is 9.99. The summed E-state index contributed by atoms with van der Waals surface area (Å²) in [6.07, 6.45) is 6.39. The summed E-state index contributed by atoms with van der Waals surface area (Å²) >= 11 is 0. The molecule has 0 unspecified atom stereocenters. The van der Waals surface area contributed by atoms with Crippen LogP contribution in [0.15, 0.2) is 23.1 Å². The molecule has 0 aliphatic carbocycles. The molecule has 0 bridgehead atoms. The van der Waals surface area contributed by atoms with E-state index in [1.54, 1.807) is 0 Å². The zero-order valence-electron chi connectivity index (χ0n) is 7.43. The van der Waals surface area contributed by atoms with Gasteiger partial charge in [-0.25, -0.2) is 4.68 Å². The van der Waals surface area contributed by atoms with Crippen molar-refractivity contribution in [3.8, 4) is 12.3 Å². The standard InChI is InChI=1S/C9H9N3O2/c1-2-5-10-8(13)7-12-9(14)4-3-6-11-12/h1,3-4,6H,5,7H2,(H,10,13). The van der Waals surface area contributed by atoms with E-state index in [0.717, 1.165) is 4.68 Å². The molecule has 0 atom stereocenters. The van der Waals surface area contributed by atoms with Gasteiger partial charge in [0.25, 0.3) is 5.56 Å². The van der Waals surface area contributed by atoms with E-state index < -0.39 is 0 Å². The van der Waals surface area contributed by atoms with Gasteiger partial charge in [-0.3, -0.25) is 9.59 Å². The highest BCUT2D eigenvalue weighted by Crippen LogP contribution is 1.76. The fourth-order valence-electron chi connectivity index (χ4n) is 0.848. The summed E-state index contributed by atoms with van der Waals surface area (Å²) in [4.78, 5) is 22.2. The molecule has 0 aromatic carbocycles. The molecule has 5 heteroatoms. The second-order valence-corrected chi connectivity index (χ2v) is 2.50. The summed E-state index contributed by atoms with van der Waals surface area (Å²) < 4.78 is 1.06. The molecule has 1 aromatic heterocycles. The van der Waals surface area contributed by atoms with Gasteiger partial charge in [0.1, 0.15) is 6.54 Å². The largest absolute Gasteiger partial charge is 0.344 e. The number of terminal acetylenes is 1. The lowest BCUT2D eigenvalue weighted by Gasteiger charge is -2.02. The molecule has 1 rings (SSSR count). The molecule has 72 valence electrons. The minimum atomic E-state index is -0.330. The lowest BCUT2D eigenvalue weighted by molar-refractivity contribution is -0.121. The molecular weight excluding hydrogens is 182 g/mol. The molecule has 0 radical (unpaired) electrons. The Balaban J connectivity index is 2.62. The molecule has 0 spiro atoms. The van der Waals surface area contributed by atoms with E-state index in [1.807, 2.05) is 0 Å². The van der Waals surface area contributed by atoms with Crippen LogP contribution in [0.1, 0.15) is 0 Å². The van der Waals surface area contributed by atoms with Crippen molar-refractivity contribution in [3.63, 3.8) is 0 Å². The van der Waals surface area contributed by atoms with Gasteiger partial charge >= 0.3 is 0 Å². The van der Waals surface area contributed by atoms with Crippen molar-refractivity contribution in [2.45, 2.75) is 6.54 Å². The van der Waals surface area contributed by atoms with Gasteiger partial charge < -0.3 is 5.32 Å². The summed E-state index contributed by atoms with van der Waals surface area (Å²) in [5.74, 6) is 1.93. The van der Waals surface area contributed by atoms with Gasteiger partial charge in [-0.15, -0.1) is 6.42 Å². The molecular formula is C9H9N3O2. The second kappa shape index (κ2) is 4.82. The maximum atomic E-state index is 11.1. The molecule has 5 nitrogen and oxygen atoms in total. The van der Waals surface area contributed by atoms with Crippen LogP contribution in [-0.2, 0) is 11.3 Å². The number of nitrogens with one attached hydrogen (secondary N) is 1. The molecule has 0 aliphatic heterocycles. The average molecular weight is 191 g/mol. The Bertz CT molecular complexity index is 417. The first-order valence-corrected chi connectivity index (χ1v) is 3.96. The summed E-state index contributed by atoms with van der Waals surface area (Å²) in [5, 5.41) is 6.15. The van der Waals surface area contributed by atoms with Crippen molar-refractivity contribution in [1.29, 1.82) is 0 Å². The third-order valence-corrected chi connectivity index (χ3v) is 1.47. The third-order valence-electron chi connectivity index (χ3n) is 1.47. The van der Waals surface area contributed by atoms with Crippen LogP contribution >= 0.6 is 0 Å². The predicted octanol–water partition coefficient (Wildman–Crippen LogP) is -1.01. The summed E-state index contributed by atoms with van der Waals surface area (Å²) in [7, 11) is 0. The van der Waals surface area contributed by atoms with Gasteiger partial charge in [-0.05, 0) is 6.07 Å². The van der Waals surface area contributed by atoms with E-state index in [-0.39, 0.29) is 24.6 Å². The SMILES string of the molecule is C#CCNC(=O)Cn1ncccc1=O. The van der Waals surface area contributed by atoms with E-state index in [1.165, 1.54) is 18.3 Å². The van der Waals surface area contributed by atoms with Crippen LogP contribution in [0.5, 0.6) is 0 Å². The van der Waals surface area contributed by atoms with Crippen LogP contribution in [0.4, 0.5) is 0 Å². The van der Waals surface area contributed by atoms with Crippen molar-refractivity contribution in [1.82, 2.24) is 15.1 Å². The van der Waals surface area contributed by atoms with Gasteiger partial charge in [-0.1, -0.05) is 5.92 Å². The molecule has 0 fully saturated rings. The Morgan fingerprint density at radius 1 is 1.71 bits per heavy atom. The van der Waals surface area contributed by atoms with Gasteiger partial charge in [0.2, 0.25) is 5.91 Å². The van der Waals surface area contributed by atoms with E-state index in [4.69, 9.17) is 6.42 Å². The zero-order valence-corrected chi connectivity index (χ0v) is 7.43. The molecule has 14 heavy (non-hydrogen) atoms. The summed E-state index contributed by atoms with van der Waals surface area (Å²) in [6, 6.07) is 2.85. The predicted molar refractivity (Wildman–Crippen MR) is 50.3 cm³/mol. The van der Waals surface area contributed by atoms with Crippen LogP contribution in [-0.4, -0.2) is 22.2 Å². The second-order valence-electron chi connectivity index (χ2n) is 2.50. The topological polar surface area (TPSA) is 64.0 Å². The van der Waals surface area contributed by atoms with E-state index >= 15 is 0 Å². The highest BCUT2D eigenvalue weighted by Gasteiger charge is 2.02. The Kier molecular flexibility index (Phi) is 3.44. The number of nitrogens with zero attached hydrogens (tertiary/aromatic N) is 2. The number of aromatic nitrogens is 2. The lowest BCUT2D eigenvalue weighted by atomic mass is 10.5. The third kappa shape index (κ3) is 2.75. The molecule has 1 amide bonds. The lowest BCUT2D eigenvalue weighted by Crippen LogP contribution is -2.33. The Hall–Kier alpha value is -2.09. The Labute approximate surface area is 80.7 Å². The fourth-order valence-corrected chi connectivity index (χ4v) is 0.848. The first-order chi connectivity index (χ1) is 6.74. The van der Waals surface area contributed by atoms with Gasteiger partial charge in [0, 0.05) is 12.3 Å². The number of hydrogen-bond acceptors (Lipinski definition) is 3. The number of hydrogen-bond donors (Lipinski definition) is 1. The van der Waals surface area contributed by atoms with Crippen molar-refractivity contribution in [3.05, 3.63) is 28.7 Å². The van der Waals surface area contributed by atoms with Gasteiger partial charge in [0.05, 0.1) is 6.54 Å². The Morgan fingerprint density at radius 3 is 3.14 bits per heavy atom. The first-order valence-electron chi connectivity index (χ1n) is 3.96. The van der Waals surface area contributed by atoms with Crippen molar-refractivity contribution >= 4 is 5.91 Å². The van der Waals surface area contributed by atoms with Crippen molar-refractivity contribution < 1.29 is 4.79 Å². The summed E-state index contributed by atoms with van der Waals surface area (Å²) in [5.41, 5.74) is -0.316. The highest BCUT2D eigenvalue weighted by molar-refractivity contribution is 5.75. The molecule has 0 aliphatic rings. The highest BCUT2D eigenvalue weighted by atomic mass is 16.2. The van der Waals surface area contributed by atoms with Crippen LogP contribution < -0.4 is 10.9 Å². The van der Waals surface area contributed by atoms with E-state index in [9.17, 15) is 9.59 Å². The van der Waals surface area contributed by atoms with Crippen LogP contribution in [0.2, 0.25) is 0 Å². The van der Waals surface area contributed by atoms with E-state index in [0.29, 0.717) is 0 Å². The van der Waals surface area contributed by atoms with Crippen LogP contribution in [0.25, 0.3) is 0 Å². The monoisotopic (exact) mass is 191 g/mol. The van der Waals surface area contributed by atoms with Crippen molar-refractivity contribution in [2.75, 3.05) is 6.54 Å². The number of rotatable bonds is 3. The Morgan fingerprint density at radius 2 is 2.50 bits per heavy atom. The molecule has 0 saturated heterocycles. The minimum absolute atomic E-state index is 0.110.